The summed E-state index contributed by atoms with van der Waals surface area (Å²) >= 11 is 1.42. The Morgan fingerprint density at radius 3 is 3.19 bits per heavy atom. The third-order valence-corrected chi connectivity index (χ3v) is 4.30. The van der Waals surface area contributed by atoms with Gasteiger partial charge in [0.15, 0.2) is 5.13 Å². The fraction of sp³-hybridized carbons (Fsp3) is 0.333. The maximum atomic E-state index is 12.2. The van der Waals surface area contributed by atoms with Gasteiger partial charge in [-0.05, 0) is 18.6 Å². The summed E-state index contributed by atoms with van der Waals surface area (Å²) in [4.78, 5) is 16.4. The van der Waals surface area contributed by atoms with E-state index >= 15 is 0 Å². The quantitative estimate of drug-likeness (QED) is 0.803. The fourth-order valence-electron chi connectivity index (χ4n) is 2.52. The molecule has 0 bridgehead atoms. The number of nitrogens with zero attached hydrogens (tertiary/aromatic N) is 1. The number of carbonyl (C=O) groups excluding carboxylic acids is 1. The number of amides is 1. The Labute approximate surface area is 127 Å². The molecule has 1 aromatic carbocycles. The summed E-state index contributed by atoms with van der Waals surface area (Å²) in [6, 6.07) is 6.05. The summed E-state index contributed by atoms with van der Waals surface area (Å²) in [5.74, 6) is 0.0343. The Bertz CT molecular complexity index is 667. The van der Waals surface area contributed by atoms with E-state index in [0.29, 0.717) is 18.1 Å². The van der Waals surface area contributed by atoms with Gasteiger partial charge < -0.3 is 16.4 Å². The molecule has 2 heterocycles. The van der Waals surface area contributed by atoms with Crippen molar-refractivity contribution in [3.8, 4) is 0 Å². The molecule has 0 saturated heterocycles. The van der Waals surface area contributed by atoms with Gasteiger partial charge in [-0.3, -0.25) is 4.79 Å². The number of nitrogen functional groups attached to an aromatic ring is 1. The fourth-order valence-corrected chi connectivity index (χ4v) is 3.12. The minimum absolute atomic E-state index is 0.0343. The van der Waals surface area contributed by atoms with Gasteiger partial charge in [-0.25, -0.2) is 4.98 Å². The van der Waals surface area contributed by atoms with Crippen LogP contribution >= 0.6 is 11.3 Å². The number of hydrogen-bond acceptors (Lipinski definition) is 5. The molecule has 1 aromatic heterocycles. The second-order valence-electron chi connectivity index (χ2n) is 5.28. The number of aryl methyl sites for hydroxylation is 1. The molecule has 0 radical (unpaired) electrons. The second kappa shape index (κ2) is 5.73. The van der Waals surface area contributed by atoms with Crippen molar-refractivity contribution in [1.82, 2.24) is 10.3 Å². The molecule has 6 heteroatoms. The molecule has 0 aliphatic carbocycles. The highest BCUT2D eigenvalue weighted by molar-refractivity contribution is 7.13. The summed E-state index contributed by atoms with van der Waals surface area (Å²) in [6.07, 6.45) is 1.45. The Morgan fingerprint density at radius 2 is 2.43 bits per heavy atom. The van der Waals surface area contributed by atoms with Gasteiger partial charge in [-0.15, -0.1) is 11.3 Å². The molecule has 1 atom stereocenters. The average molecular weight is 302 g/mol. The number of anilines is 2. The van der Waals surface area contributed by atoms with Gasteiger partial charge in [0, 0.05) is 30.5 Å². The van der Waals surface area contributed by atoms with Crippen molar-refractivity contribution < 1.29 is 4.79 Å². The van der Waals surface area contributed by atoms with Crippen LogP contribution in [0, 0.1) is 6.92 Å². The minimum atomic E-state index is -0.178. The van der Waals surface area contributed by atoms with Crippen LogP contribution in [0.25, 0.3) is 0 Å². The molecule has 0 unspecified atom stereocenters. The molecule has 0 fully saturated rings. The minimum Gasteiger partial charge on any atom is -0.375 e. The van der Waals surface area contributed by atoms with Gasteiger partial charge in [-0.1, -0.05) is 17.7 Å². The van der Waals surface area contributed by atoms with E-state index in [0.717, 1.165) is 17.8 Å². The monoisotopic (exact) mass is 302 g/mol. The van der Waals surface area contributed by atoms with Crippen LogP contribution in [0.3, 0.4) is 0 Å². The summed E-state index contributed by atoms with van der Waals surface area (Å²) in [6.45, 7) is 2.64. The number of rotatable bonds is 4. The van der Waals surface area contributed by atoms with Crippen molar-refractivity contribution in [2.24, 2.45) is 0 Å². The lowest BCUT2D eigenvalue weighted by molar-refractivity contribution is -0.121. The van der Waals surface area contributed by atoms with Crippen LogP contribution < -0.4 is 16.4 Å². The lowest BCUT2D eigenvalue weighted by Gasteiger charge is -2.11. The molecule has 110 valence electrons. The zero-order chi connectivity index (χ0) is 14.8. The Morgan fingerprint density at radius 1 is 1.57 bits per heavy atom. The highest BCUT2D eigenvalue weighted by atomic mass is 32.1. The van der Waals surface area contributed by atoms with Gasteiger partial charge >= 0.3 is 0 Å². The maximum Gasteiger partial charge on any atom is 0.242 e. The molecule has 1 aliphatic heterocycles. The van der Waals surface area contributed by atoms with Crippen molar-refractivity contribution in [3.63, 3.8) is 0 Å². The van der Waals surface area contributed by atoms with Crippen molar-refractivity contribution in [2.45, 2.75) is 25.8 Å². The standard InChI is InChI=1S/C15H18N4OS/c1-9-2-3-12-10(6-9)7-13(19-12)14(20)17-5-4-11-8-21-15(16)18-11/h2-3,6,8,13,19H,4-5,7H2,1H3,(H2,16,18)(H,17,20)/t13-/m0/s1. The normalized spacial score (nSPS) is 16.3. The molecule has 0 saturated carbocycles. The van der Waals surface area contributed by atoms with Gasteiger partial charge in [0.2, 0.25) is 5.91 Å². The molecule has 3 rings (SSSR count). The first-order valence-corrected chi connectivity index (χ1v) is 7.83. The van der Waals surface area contributed by atoms with E-state index in [1.54, 1.807) is 0 Å². The molecule has 1 aliphatic rings. The van der Waals surface area contributed by atoms with Crippen molar-refractivity contribution in [2.75, 3.05) is 17.6 Å². The van der Waals surface area contributed by atoms with Crippen molar-refractivity contribution >= 4 is 28.1 Å². The predicted molar refractivity (Wildman–Crippen MR) is 85.5 cm³/mol. The van der Waals surface area contributed by atoms with Gasteiger partial charge in [0.25, 0.3) is 0 Å². The van der Waals surface area contributed by atoms with E-state index in [9.17, 15) is 4.79 Å². The Hall–Kier alpha value is -2.08. The number of nitrogens with two attached hydrogens (primary N) is 1. The van der Waals surface area contributed by atoms with E-state index in [2.05, 4.69) is 34.7 Å². The largest absolute Gasteiger partial charge is 0.375 e. The molecular formula is C15H18N4OS. The van der Waals surface area contributed by atoms with Crippen LogP contribution in [0.2, 0.25) is 0 Å². The predicted octanol–water partition coefficient (Wildman–Crippen LogP) is 1.73. The van der Waals surface area contributed by atoms with E-state index in [-0.39, 0.29) is 11.9 Å². The molecule has 21 heavy (non-hydrogen) atoms. The first-order valence-electron chi connectivity index (χ1n) is 6.95. The third-order valence-electron chi connectivity index (χ3n) is 3.58. The number of nitrogens with one attached hydrogen (secondary N) is 2. The number of benzene rings is 1. The Kier molecular flexibility index (Phi) is 3.79. The molecule has 4 N–H and O–H groups in total. The van der Waals surface area contributed by atoms with E-state index in [4.69, 9.17) is 5.73 Å². The summed E-state index contributed by atoms with van der Waals surface area (Å²) in [5, 5.41) is 8.72. The zero-order valence-electron chi connectivity index (χ0n) is 11.8. The summed E-state index contributed by atoms with van der Waals surface area (Å²) in [5.41, 5.74) is 10.0. The smallest absolute Gasteiger partial charge is 0.242 e. The third kappa shape index (κ3) is 3.16. The Balaban J connectivity index is 1.51. The molecule has 0 spiro atoms. The van der Waals surface area contributed by atoms with Gasteiger partial charge in [-0.2, -0.15) is 0 Å². The lowest BCUT2D eigenvalue weighted by atomic mass is 10.1. The van der Waals surface area contributed by atoms with Crippen LogP contribution in [0.15, 0.2) is 23.6 Å². The van der Waals surface area contributed by atoms with Gasteiger partial charge in [0.05, 0.1) is 5.69 Å². The first kappa shape index (κ1) is 13.9. The highest BCUT2D eigenvalue weighted by Crippen LogP contribution is 2.26. The number of hydrogen-bond donors (Lipinski definition) is 3. The first-order chi connectivity index (χ1) is 10.1. The molecule has 2 aromatic rings. The number of aromatic nitrogens is 1. The summed E-state index contributed by atoms with van der Waals surface area (Å²) in [7, 11) is 0. The van der Waals surface area contributed by atoms with E-state index in [1.807, 2.05) is 11.4 Å². The number of fused-ring (bicyclic) bond motifs is 1. The number of thiazole rings is 1. The summed E-state index contributed by atoms with van der Waals surface area (Å²) < 4.78 is 0. The van der Waals surface area contributed by atoms with Crippen molar-refractivity contribution in [1.29, 1.82) is 0 Å². The SMILES string of the molecule is Cc1ccc2c(c1)C[C@@H](C(=O)NCCc1csc(N)n1)N2. The van der Waals surface area contributed by atoms with Crippen LogP contribution in [-0.4, -0.2) is 23.5 Å². The van der Waals surface area contributed by atoms with Crippen LogP contribution in [0.4, 0.5) is 10.8 Å². The molecular weight excluding hydrogens is 284 g/mol. The topological polar surface area (TPSA) is 80.0 Å². The van der Waals surface area contributed by atoms with E-state index in [1.165, 1.54) is 22.5 Å². The zero-order valence-corrected chi connectivity index (χ0v) is 12.7. The highest BCUT2D eigenvalue weighted by Gasteiger charge is 2.26. The van der Waals surface area contributed by atoms with Crippen LogP contribution in [0.5, 0.6) is 0 Å². The maximum absolute atomic E-state index is 12.2. The van der Waals surface area contributed by atoms with Crippen molar-refractivity contribution in [3.05, 3.63) is 40.4 Å². The average Bonchev–Trinajstić information content (AvgIpc) is 3.04. The second-order valence-corrected chi connectivity index (χ2v) is 6.17. The lowest BCUT2D eigenvalue weighted by Crippen LogP contribution is -2.39. The van der Waals surface area contributed by atoms with Crippen LogP contribution in [0.1, 0.15) is 16.8 Å². The van der Waals surface area contributed by atoms with Gasteiger partial charge in [0.1, 0.15) is 6.04 Å². The van der Waals surface area contributed by atoms with Crippen LogP contribution in [-0.2, 0) is 17.6 Å². The molecule has 5 nitrogen and oxygen atoms in total. The van der Waals surface area contributed by atoms with E-state index < -0.39 is 0 Å². The number of carbonyl (C=O) groups is 1. The molecule has 1 amide bonds.